The van der Waals surface area contributed by atoms with E-state index in [-0.39, 0.29) is 41.8 Å². The van der Waals surface area contributed by atoms with Gasteiger partial charge in [0.1, 0.15) is 30.3 Å². The van der Waals surface area contributed by atoms with Crippen LogP contribution in [0.25, 0.3) is 0 Å². The fourth-order valence-electron chi connectivity index (χ4n) is 5.21. The minimum absolute atomic E-state index is 0.00715. The Kier molecular flexibility index (Phi) is 7.14. The Morgan fingerprint density at radius 2 is 1.84 bits per heavy atom. The molecule has 174 valence electrons. The van der Waals surface area contributed by atoms with E-state index in [9.17, 15) is 23.2 Å². The monoisotopic (exact) mass is 560 g/mol. The molecule has 2 heterocycles. The van der Waals surface area contributed by atoms with Gasteiger partial charge in [-0.1, -0.05) is 42.4 Å². The molecule has 0 spiro atoms. The predicted molar refractivity (Wildman–Crippen MR) is 121 cm³/mol. The third-order valence-corrected chi connectivity index (χ3v) is 8.11. The lowest BCUT2D eigenvalue weighted by Crippen LogP contribution is -2.55. The number of nitrogens with zero attached hydrogens (tertiary/aromatic N) is 1. The van der Waals surface area contributed by atoms with E-state index in [4.69, 9.17) is 4.74 Å². The number of likely N-dealkylation sites (tertiary alicyclic amines) is 1. The molecule has 3 aliphatic rings. The van der Waals surface area contributed by atoms with Crippen molar-refractivity contribution in [1.29, 1.82) is 0 Å². The second-order valence-electron chi connectivity index (χ2n) is 9.22. The van der Waals surface area contributed by atoms with Gasteiger partial charge in [-0.25, -0.2) is 8.78 Å². The van der Waals surface area contributed by atoms with E-state index in [0.717, 1.165) is 42.2 Å². The molecule has 9 heteroatoms. The van der Waals surface area contributed by atoms with Gasteiger partial charge in [0.05, 0.1) is 6.10 Å². The Balaban J connectivity index is 1.59. The standard InChI is InChI=1S/C23H27F2IN2O4/c1-12-2-4-13(5-3-12)19(27-22(30)14-6-16(24)8-17(25)7-14)23(31)28-10-15(9-26)21-20(28)18(29)11-32-21/h6-8,12-13,15,19-21H,2-5,9-11H2,1H3,(H,27,30)/t12-,13-,15-,19?,20+,21+/m0/s1. The summed E-state index contributed by atoms with van der Waals surface area (Å²) in [6, 6.07) is 1.12. The zero-order chi connectivity index (χ0) is 23.0. The van der Waals surface area contributed by atoms with Gasteiger partial charge < -0.3 is 15.0 Å². The number of Topliss-reactive ketones (excluding diaryl/α,β-unsaturated/α-hetero) is 1. The second kappa shape index (κ2) is 9.70. The highest BCUT2D eigenvalue weighted by molar-refractivity contribution is 14.1. The van der Waals surface area contributed by atoms with Gasteiger partial charge in [-0.2, -0.15) is 0 Å². The number of carbonyl (C=O) groups is 3. The van der Waals surface area contributed by atoms with Gasteiger partial charge in [0.2, 0.25) is 5.91 Å². The Labute approximate surface area is 199 Å². The first-order chi connectivity index (χ1) is 15.3. The van der Waals surface area contributed by atoms with Crippen molar-refractivity contribution in [3.05, 3.63) is 35.4 Å². The summed E-state index contributed by atoms with van der Waals surface area (Å²) in [7, 11) is 0. The molecular weight excluding hydrogens is 533 g/mol. The van der Waals surface area contributed by atoms with Crippen molar-refractivity contribution in [3.63, 3.8) is 0 Å². The molecule has 1 aliphatic carbocycles. The summed E-state index contributed by atoms with van der Waals surface area (Å²) < 4.78 is 33.7. The third kappa shape index (κ3) is 4.69. The van der Waals surface area contributed by atoms with Crippen molar-refractivity contribution >= 4 is 40.2 Å². The highest BCUT2D eigenvalue weighted by Gasteiger charge is 2.53. The van der Waals surface area contributed by atoms with Crippen molar-refractivity contribution in [2.75, 3.05) is 17.6 Å². The Bertz CT molecular complexity index is 886. The normalized spacial score (nSPS) is 30.8. The fourth-order valence-corrected chi connectivity index (χ4v) is 5.99. The number of ether oxygens (including phenoxy) is 1. The van der Waals surface area contributed by atoms with Crippen LogP contribution in [-0.4, -0.2) is 58.3 Å². The number of hydrogen-bond donors (Lipinski definition) is 1. The Morgan fingerprint density at radius 1 is 1.19 bits per heavy atom. The molecule has 1 aromatic carbocycles. The largest absolute Gasteiger partial charge is 0.367 e. The zero-order valence-electron chi connectivity index (χ0n) is 17.9. The van der Waals surface area contributed by atoms with E-state index in [0.29, 0.717) is 18.5 Å². The van der Waals surface area contributed by atoms with Gasteiger partial charge in [0.15, 0.2) is 5.78 Å². The lowest BCUT2D eigenvalue weighted by atomic mass is 9.78. The Morgan fingerprint density at radius 3 is 2.47 bits per heavy atom. The fraction of sp³-hybridized carbons (Fsp3) is 0.609. The predicted octanol–water partition coefficient (Wildman–Crippen LogP) is 3.12. The van der Waals surface area contributed by atoms with Crippen LogP contribution in [0.4, 0.5) is 8.78 Å². The van der Waals surface area contributed by atoms with Crippen LogP contribution < -0.4 is 5.32 Å². The minimum Gasteiger partial charge on any atom is -0.367 e. The summed E-state index contributed by atoms with van der Waals surface area (Å²) in [6.45, 7) is 2.55. The van der Waals surface area contributed by atoms with Crippen LogP contribution in [0.15, 0.2) is 18.2 Å². The van der Waals surface area contributed by atoms with Gasteiger partial charge in [-0.05, 0) is 36.8 Å². The summed E-state index contributed by atoms with van der Waals surface area (Å²) in [6.07, 6.45) is 3.07. The topological polar surface area (TPSA) is 75.7 Å². The number of benzene rings is 1. The number of nitrogens with one attached hydrogen (secondary N) is 1. The van der Waals surface area contributed by atoms with E-state index >= 15 is 0 Å². The molecule has 4 rings (SSSR count). The number of fused-ring (bicyclic) bond motifs is 1. The van der Waals surface area contributed by atoms with E-state index in [1.54, 1.807) is 4.90 Å². The Hall–Kier alpha value is -1.62. The quantitative estimate of drug-likeness (QED) is 0.444. The first kappa shape index (κ1) is 23.5. The van der Waals surface area contributed by atoms with Crippen LogP contribution >= 0.6 is 22.6 Å². The summed E-state index contributed by atoms with van der Waals surface area (Å²) >= 11 is 2.23. The maximum atomic E-state index is 13.7. The van der Waals surface area contributed by atoms with Crippen molar-refractivity contribution in [2.24, 2.45) is 17.8 Å². The van der Waals surface area contributed by atoms with E-state index < -0.39 is 29.6 Å². The summed E-state index contributed by atoms with van der Waals surface area (Å²) in [5.74, 6) is -2.35. The van der Waals surface area contributed by atoms with Crippen LogP contribution in [0.2, 0.25) is 0 Å². The number of ketones is 1. The highest BCUT2D eigenvalue weighted by atomic mass is 127. The third-order valence-electron chi connectivity index (χ3n) is 6.98. The zero-order valence-corrected chi connectivity index (χ0v) is 20.0. The molecule has 1 N–H and O–H groups in total. The summed E-state index contributed by atoms with van der Waals surface area (Å²) in [5.41, 5.74) is -0.172. The summed E-state index contributed by atoms with van der Waals surface area (Å²) in [5, 5.41) is 2.76. The molecule has 2 amide bonds. The van der Waals surface area contributed by atoms with Crippen LogP contribution in [0.1, 0.15) is 43.0 Å². The lowest BCUT2D eigenvalue weighted by Gasteiger charge is -2.35. The van der Waals surface area contributed by atoms with Crippen molar-refractivity contribution in [3.8, 4) is 0 Å². The number of alkyl halides is 1. The van der Waals surface area contributed by atoms with Gasteiger partial charge in [-0.3, -0.25) is 14.4 Å². The molecule has 32 heavy (non-hydrogen) atoms. The highest BCUT2D eigenvalue weighted by Crippen LogP contribution is 2.36. The van der Waals surface area contributed by atoms with Crippen molar-refractivity contribution in [1.82, 2.24) is 10.2 Å². The van der Waals surface area contributed by atoms with E-state index in [1.807, 2.05) is 0 Å². The summed E-state index contributed by atoms with van der Waals surface area (Å²) in [4.78, 5) is 40.7. The minimum atomic E-state index is -0.858. The maximum Gasteiger partial charge on any atom is 0.252 e. The number of hydrogen-bond acceptors (Lipinski definition) is 4. The smallest absolute Gasteiger partial charge is 0.252 e. The molecule has 1 unspecified atom stereocenters. The first-order valence-corrected chi connectivity index (χ1v) is 12.6. The molecule has 3 fully saturated rings. The number of halogens is 3. The SMILES string of the molecule is C[C@H]1CC[C@H](C(NC(=O)c2cc(F)cc(F)c2)C(=O)N2C[C@H](CI)[C@H]3OCC(=O)[C@H]32)CC1. The molecule has 1 saturated carbocycles. The molecule has 2 saturated heterocycles. The number of carbonyl (C=O) groups excluding carboxylic acids is 3. The molecule has 2 aliphatic heterocycles. The molecule has 0 bridgehead atoms. The number of rotatable bonds is 5. The molecule has 4 atom stereocenters. The molecule has 6 nitrogen and oxygen atoms in total. The average Bonchev–Trinajstić information content (AvgIpc) is 3.32. The van der Waals surface area contributed by atoms with Crippen LogP contribution in [0.3, 0.4) is 0 Å². The maximum absolute atomic E-state index is 13.7. The van der Waals surface area contributed by atoms with E-state index in [2.05, 4.69) is 34.8 Å². The molecule has 0 aromatic heterocycles. The van der Waals surface area contributed by atoms with Crippen molar-refractivity contribution < 1.29 is 27.9 Å². The lowest BCUT2D eigenvalue weighted by molar-refractivity contribution is -0.139. The first-order valence-electron chi connectivity index (χ1n) is 11.1. The molecule has 0 radical (unpaired) electrons. The van der Waals surface area contributed by atoms with Crippen LogP contribution in [-0.2, 0) is 14.3 Å². The average molecular weight is 560 g/mol. The molecule has 1 aromatic rings. The number of amides is 2. The second-order valence-corrected chi connectivity index (χ2v) is 10.1. The van der Waals surface area contributed by atoms with Gasteiger partial charge in [0, 0.05) is 28.5 Å². The van der Waals surface area contributed by atoms with Gasteiger partial charge in [-0.15, -0.1) is 0 Å². The van der Waals surface area contributed by atoms with Crippen LogP contribution in [0, 0.1) is 29.4 Å². The van der Waals surface area contributed by atoms with Gasteiger partial charge in [0.25, 0.3) is 5.91 Å². The van der Waals surface area contributed by atoms with Crippen LogP contribution in [0.5, 0.6) is 0 Å². The molecular formula is C23H27F2IN2O4. The van der Waals surface area contributed by atoms with Gasteiger partial charge >= 0.3 is 0 Å². The van der Waals surface area contributed by atoms with Crippen molar-refractivity contribution in [2.45, 2.75) is 50.8 Å². The van der Waals surface area contributed by atoms with E-state index in [1.165, 1.54) is 0 Å².